The average Bonchev–Trinajstić information content (AvgIpc) is 2.23. The molecule has 0 aliphatic carbocycles. The first-order chi connectivity index (χ1) is 7.40. The minimum Gasteiger partial charge on any atom is -0.506 e. The van der Waals surface area contributed by atoms with Gasteiger partial charge in [0, 0.05) is 0 Å². The number of hydrogen-bond acceptors (Lipinski definition) is 4. The number of ether oxygens (including phenoxy) is 1. The molecule has 0 saturated carbocycles. The van der Waals surface area contributed by atoms with Crippen LogP contribution in [0.1, 0.15) is 22.8 Å². The van der Waals surface area contributed by atoms with Gasteiger partial charge in [-0.2, -0.15) is 0 Å². The number of aryl methyl sites for hydroxylation is 1. The summed E-state index contributed by atoms with van der Waals surface area (Å²) in [5.41, 5.74) is 6.47. The number of aromatic hydroxyl groups is 1. The quantitative estimate of drug-likeness (QED) is 0.834. The smallest absolute Gasteiger partial charge is 0.182 e. The number of rotatable bonds is 3. The van der Waals surface area contributed by atoms with Crippen LogP contribution < -0.4 is 10.5 Å². The molecule has 0 saturated heterocycles. The first-order valence-corrected chi connectivity index (χ1v) is 5.55. The molecule has 0 aliphatic heterocycles. The van der Waals surface area contributed by atoms with Crippen LogP contribution in [0.3, 0.4) is 0 Å². The fraction of sp³-hybridized carbons (Fsp3) is 0.364. The molecule has 5 heteroatoms. The number of nitrogens with two attached hydrogens (primary N) is 1. The number of benzene rings is 1. The van der Waals surface area contributed by atoms with Crippen LogP contribution in [0, 0.1) is 6.92 Å². The van der Waals surface area contributed by atoms with Crippen molar-refractivity contribution in [2.45, 2.75) is 19.9 Å². The molecule has 0 heterocycles. The van der Waals surface area contributed by atoms with Gasteiger partial charge in [-0.1, -0.05) is 0 Å². The summed E-state index contributed by atoms with van der Waals surface area (Å²) in [6.07, 6.45) is 0. The third kappa shape index (κ3) is 2.20. The van der Waals surface area contributed by atoms with Crippen molar-refractivity contribution in [3.05, 3.63) is 21.7 Å². The van der Waals surface area contributed by atoms with Crippen LogP contribution in [-0.4, -0.2) is 24.0 Å². The van der Waals surface area contributed by atoms with Crippen LogP contribution in [0.15, 0.2) is 10.5 Å². The van der Waals surface area contributed by atoms with Crippen molar-refractivity contribution in [3.8, 4) is 11.5 Å². The van der Waals surface area contributed by atoms with E-state index in [0.717, 1.165) is 5.56 Å². The lowest BCUT2D eigenvalue weighted by molar-refractivity contribution is 0.0965. The lowest BCUT2D eigenvalue weighted by Crippen LogP contribution is -2.26. The summed E-state index contributed by atoms with van der Waals surface area (Å²) in [7, 11) is 1.50. The van der Waals surface area contributed by atoms with Crippen LogP contribution in [0.2, 0.25) is 0 Å². The van der Waals surface area contributed by atoms with E-state index in [1.807, 2.05) is 0 Å². The highest BCUT2D eigenvalue weighted by Gasteiger charge is 2.21. The molecule has 0 aliphatic rings. The average molecular weight is 288 g/mol. The van der Waals surface area contributed by atoms with E-state index < -0.39 is 6.04 Å². The molecule has 0 spiro atoms. The van der Waals surface area contributed by atoms with Crippen molar-refractivity contribution in [2.24, 2.45) is 5.73 Å². The van der Waals surface area contributed by atoms with Crippen LogP contribution >= 0.6 is 15.9 Å². The summed E-state index contributed by atoms with van der Waals surface area (Å²) in [6, 6.07) is 0.926. The maximum absolute atomic E-state index is 11.7. The van der Waals surface area contributed by atoms with Crippen LogP contribution in [0.4, 0.5) is 0 Å². The molecule has 0 aromatic heterocycles. The second-order valence-corrected chi connectivity index (χ2v) is 4.38. The van der Waals surface area contributed by atoms with Gasteiger partial charge in [0.25, 0.3) is 0 Å². The molecule has 0 fully saturated rings. The van der Waals surface area contributed by atoms with Gasteiger partial charge in [0.2, 0.25) is 0 Å². The molecular weight excluding hydrogens is 274 g/mol. The topological polar surface area (TPSA) is 72.5 Å². The van der Waals surface area contributed by atoms with Gasteiger partial charge in [0.05, 0.1) is 18.7 Å². The summed E-state index contributed by atoms with van der Waals surface area (Å²) >= 11 is 3.19. The van der Waals surface area contributed by atoms with Crippen molar-refractivity contribution in [1.82, 2.24) is 0 Å². The number of hydrogen-bond donors (Lipinski definition) is 2. The minimum absolute atomic E-state index is 0.134. The van der Waals surface area contributed by atoms with Crippen LogP contribution in [0.25, 0.3) is 0 Å². The third-order valence-corrected chi connectivity index (χ3v) is 3.00. The molecule has 1 aromatic rings. The van der Waals surface area contributed by atoms with Gasteiger partial charge in [-0.25, -0.2) is 0 Å². The molecule has 1 rings (SSSR count). The van der Waals surface area contributed by atoms with Gasteiger partial charge in [-0.15, -0.1) is 0 Å². The summed E-state index contributed by atoms with van der Waals surface area (Å²) in [4.78, 5) is 11.7. The fourth-order valence-electron chi connectivity index (χ4n) is 1.43. The molecule has 16 heavy (non-hydrogen) atoms. The second-order valence-electron chi connectivity index (χ2n) is 3.59. The zero-order chi connectivity index (χ0) is 12.5. The van der Waals surface area contributed by atoms with Crippen molar-refractivity contribution < 1.29 is 14.6 Å². The SMILES string of the molecule is COc1c(C)cc(C(=O)C(C)N)c(O)c1Br. The molecule has 3 N–H and O–H groups in total. The number of Topliss-reactive ketones (excluding diaryl/α,β-unsaturated/α-hetero) is 1. The second kappa shape index (κ2) is 4.84. The van der Waals surface area contributed by atoms with E-state index in [0.29, 0.717) is 10.2 Å². The van der Waals surface area contributed by atoms with Crippen molar-refractivity contribution >= 4 is 21.7 Å². The van der Waals surface area contributed by atoms with Crippen LogP contribution in [0.5, 0.6) is 11.5 Å². The fourth-order valence-corrected chi connectivity index (χ4v) is 2.12. The van der Waals surface area contributed by atoms with E-state index in [2.05, 4.69) is 15.9 Å². The van der Waals surface area contributed by atoms with Crippen molar-refractivity contribution in [2.75, 3.05) is 7.11 Å². The monoisotopic (exact) mass is 287 g/mol. The van der Waals surface area contributed by atoms with Gasteiger partial charge in [0.15, 0.2) is 5.78 Å². The Morgan fingerprint density at radius 3 is 2.62 bits per heavy atom. The Morgan fingerprint density at radius 2 is 2.19 bits per heavy atom. The Bertz CT molecular complexity index is 430. The van der Waals surface area contributed by atoms with E-state index in [1.54, 1.807) is 19.9 Å². The highest BCUT2D eigenvalue weighted by Crippen LogP contribution is 2.39. The minimum atomic E-state index is -0.648. The zero-order valence-corrected chi connectivity index (χ0v) is 11.0. The number of carbonyl (C=O) groups is 1. The van der Waals surface area contributed by atoms with Crippen molar-refractivity contribution in [3.63, 3.8) is 0 Å². The molecule has 0 bridgehead atoms. The lowest BCUT2D eigenvalue weighted by atomic mass is 10.0. The first-order valence-electron chi connectivity index (χ1n) is 4.76. The van der Waals surface area contributed by atoms with E-state index in [-0.39, 0.29) is 17.1 Å². The molecule has 88 valence electrons. The first kappa shape index (κ1) is 13.0. The van der Waals surface area contributed by atoms with E-state index in [9.17, 15) is 9.90 Å². The molecule has 1 unspecified atom stereocenters. The summed E-state index contributed by atoms with van der Waals surface area (Å²) in [5, 5.41) is 9.85. The predicted octanol–water partition coefficient (Wildman–Crippen LogP) is 2.00. The molecular formula is C11H14BrNO3. The van der Waals surface area contributed by atoms with Crippen molar-refractivity contribution in [1.29, 1.82) is 0 Å². The highest BCUT2D eigenvalue weighted by molar-refractivity contribution is 9.10. The molecule has 0 amide bonds. The summed E-state index contributed by atoms with van der Waals surface area (Å²) < 4.78 is 5.48. The Balaban J connectivity index is 3.40. The van der Waals surface area contributed by atoms with Gasteiger partial charge >= 0.3 is 0 Å². The third-order valence-electron chi connectivity index (χ3n) is 2.26. The standard InChI is InChI=1S/C11H14BrNO3/c1-5-4-7(9(14)6(2)13)10(15)8(12)11(5)16-3/h4,6,15H,13H2,1-3H3. The van der Waals surface area contributed by atoms with Gasteiger partial charge in [-0.05, 0) is 41.4 Å². The van der Waals surface area contributed by atoms with E-state index in [4.69, 9.17) is 10.5 Å². The maximum Gasteiger partial charge on any atom is 0.182 e. The molecule has 1 aromatic carbocycles. The molecule has 0 radical (unpaired) electrons. The van der Waals surface area contributed by atoms with Crippen LogP contribution in [-0.2, 0) is 0 Å². The largest absolute Gasteiger partial charge is 0.506 e. The van der Waals surface area contributed by atoms with Gasteiger partial charge in [-0.3, -0.25) is 4.79 Å². The maximum atomic E-state index is 11.7. The number of ketones is 1. The number of phenolic OH excluding ortho intramolecular Hbond substituents is 1. The Hall–Kier alpha value is -1.07. The predicted molar refractivity (Wildman–Crippen MR) is 65.1 cm³/mol. The Kier molecular flexibility index (Phi) is 3.93. The number of methoxy groups -OCH3 is 1. The Morgan fingerprint density at radius 1 is 1.62 bits per heavy atom. The molecule has 4 nitrogen and oxygen atoms in total. The van der Waals surface area contributed by atoms with E-state index in [1.165, 1.54) is 7.11 Å². The normalized spacial score (nSPS) is 12.3. The van der Waals surface area contributed by atoms with Gasteiger partial charge in [0.1, 0.15) is 16.0 Å². The number of halogens is 1. The highest BCUT2D eigenvalue weighted by atomic mass is 79.9. The van der Waals surface area contributed by atoms with Gasteiger partial charge < -0.3 is 15.6 Å². The lowest BCUT2D eigenvalue weighted by Gasteiger charge is -2.13. The zero-order valence-electron chi connectivity index (χ0n) is 9.37. The molecule has 1 atom stereocenters. The summed E-state index contributed by atoms with van der Waals surface area (Å²) in [6.45, 7) is 3.37. The summed E-state index contributed by atoms with van der Waals surface area (Å²) in [5.74, 6) is 0.0763. The number of carbonyl (C=O) groups excluding carboxylic acids is 1. The van der Waals surface area contributed by atoms with E-state index >= 15 is 0 Å². The Labute approximate surface area is 103 Å². The number of phenols is 1.